The normalized spacial score (nSPS) is 14.3. The van der Waals surface area contributed by atoms with Gasteiger partial charge in [0, 0.05) is 23.1 Å². The Bertz CT molecular complexity index is 1760. The van der Waals surface area contributed by atoms with Crippen LogP contribution in [0.5, 0.6) is 5.75 Å². The zero-order chi connectivity index (χ0) is 27.1. The first-order chi connectivity index (χ1) is 19.0. The first-order valence-corrected chi connectivity index (χ1v) is 12.8. The Morgan fingerprint density at radius 1 is 1.15 bits per heavy atom. The number of rotatable bonds is 6. The Morgan fingerprint density at radius 3 is 2.82 bits per heavy atom. The summed E-state index contributed by atoms with van der Waals surface area (Å²) in [5.74, 6) is 0.602. The number of aryl methyl sites for hydroxylation is 2. The summed E-state index contributed by atoms with van der Waals surface area (Å²) in [6.45, 7) is 2.07. The number of nitrogens with two attached hydrogens (primary N) is 1. The van der Waals surface area contributed by atoms with E-state index in [1.165, 1.54) is 18.2 Å². The third-order valence-corrected chi connectivity index (χ3v) is 7.19. The van der Waals surface area contributed by atoms with E-state index in [1.54, 1.807) is 6.20 Å². The molecule has 2 aromatic carbocycles. The van der Waals surface area contributed by atoms with Crippen molar-refractivity contribution in [2.45, 2.75) is 32.2 Å². The molecule has 0 saturated carbocycles. The molecule has 39 heavy (non-hydrogen) atoms. The van der Waals surface area contributed by atoms with Gasteiger partial charge in [-0.1, -0.05) is 13.0 Å². The smallest absolute Gasteiger partial charge is 0.251 e. The lowest BCUT2D eigenvalue weighted by Gasteiger charge is -2.16. The van der Waals surface area contributed by atoms with Crippen LogP contribution in [0.2, 0.25) is 0 Å². The number of nitrogens with one attached hydrogen (secondary N) is 1. The molecule has 9 nitrogen and oxygen atoms in total. The number of aldehydes is 1. The van der Waals surface area contributed by atoms with Crippen LogP contribution in [0.25, 0.3) is 28.2 Å². The Morgan fingerprint density at radius 2 is 2.03 bits per heavy atom. The molecule has 1 atom stereocenters. The largest absolute Gasteiger partial charge is 0.507 e. The molecular weight excluding hydrogens is 492 g/mol. The molecule has 0 radical (unpaired) electrons. The number of fused-ring (bicyclic) bond motifs is 2. The molecule has 1 amide bonds. The minimum absolute atomic E-state index is 0.0802. The van der Waals surface area contributed by atoms with Gasteiger partial charge in [0.25, 0.3) is 5.91 Å². The fourth-order valence-electron chi connectivity index (χ4n) is 5.15. The minimum atomic E-state index is -0.300. The SMILES string of the molecule is CCc1ccc2nc(-c3cccnc3N)n(-c3ccc4c(c3)CC[C@@H]4NC(=O)c3ccc(O)c(C=O)c3)c2n1. The second kappa shape index (κ2) is 9.68. The van der Waals surface area contributed by atoms with Gasteiger partial charge in [-0.3, -0.25) is 14.2 Å². The molecule has 4 N–H and O–H groups in total. The van der Waals surface area contributed by atoms with E-state index in [4.69, 9.17) is 15.7 Å². The lowest BCUT2D eigenvalue weighted by atomic mass is 10.1. The van der Waals surface area contributed by atoms with Crippen molar-refractivity contribution in [1.82, 2.24) is 24.8 Å². The number of pyridine rings is 2. The van der Waals surface area contributed by atoms with E-state index in [2.05, 4.69) is 23.3 Å². The molecule has 0 aliphatic heterocycles. The second-order valence-corrected chi connectivity index (χ2v) is 9.55. The number of phenolic OH excluding ortho intramolecular Hbond substituents is 1. The molecule has 3 heterocycles. The van der Waals surface area contributed by atoms with Gasteiger partial charge in [0.15, 0.2) is 17.8 Å². The maximum Gasteiger partial charge on any atom is 0.251 e. The van der Waals surface area contributed by atoms with Gasteiger partial charge in [0.1, 0.15) is 17.1 Å². The number of imidazole rings is 1. The van der Waals surface area contributed by atoms with Crippen molar-refractivity contribution in [3.05, 3.63) is 94.8 Å². The molecule has 0 spiro atoms. The highest BCUT2D eigenvalue weighted by atomic mass is 16.3. The van der Waals surface area contributed by atoms with Crippen LogP contribution in [-0.4, -0.2) is 36.8 Å². The average Bonchev–Trinajstić information content (AvgIpc) is 3.53. The van der Waals surface area contributed by atoms with Gasteiger partial charge in [-0.25, -0.2) is 15.0 Å². The Kier molecular flexibility index (Phi) is 6.03. The first kappa shape index (κ1) is 24.3. The van der Waals surface area contributed by atoms with E-state index in [0.717, 1.165) is 58.5 Å². The van der Waals surface area contributed by atoms with E-state index in [9.17, 15) is 14.7 Å². The summed E-state index contributed by atoms with van der Waals surface area (Å²) in [6, 6.07) is 17.9. The van der Waals surface area contributed by atoms with Crippen molar-refractivity contribution in [2.24, 2.45) is 0 Å². The van der Waals surface area contributed by atoms with Gasteiger partial charge in [-0.2, -0.15) is 0 Å². The zero-order valence-electron chi connectivity index (χ0n) is 21.3. The van der Waals surface area contributed by atoms with Crippen molar-refractivity contribution in [3.8, 4) is 22.8 Å². The van der Waals surface area contributed by atoms with Crippen LogP contribution in [0, 0.1) is 0 Å². The number of phenols is 1. The fourth-order valence-corrected chi connectivity index (χ4v) is 5.15. The number of aromatic hydroxyl groups is 1. The highest BCUT2D eigenvalue weighted by molar-refractivity contribution is 5.96. The second-order valence-electron chi connectivity index (χ2n) is 9.55. The van der Waals surface area contributed by atoms with Crippen LogP contribution in [0.4, 0.5) is 5.82 Å². The summed E-state index contributed by atoms with van der Waals surface area (Å²) in [5.41, 5.74) is 12.9. The van der Waals surface area contributed by atoms with Crippen molar-refractivity contribution < 1.29 is 14.7 Å². The number of aromatic nitrogens is 4. The van der Waals surface area contributed by atoms with Gasteiger partial charge < -0.3 is 16.2 Å². The van der Waals surface area contributed by atoms with E-state index < -0.39 is 0 Å². The van der Waals surface area contributed by atoms with Crippen LogP contribution in [0.1, 0.15) is 56.9 Å². The van der Waals surface area contributed by atoms with Crippen molar-refractivity contribution in [2.75, 3.05) is 5.73 Å². The van der Waals surface area contributed by atoms with Crippen LogP contribution >= 0.6 is 0 Å². The Hall–Kier alpha value is -5.05. The fraction of sp³-hybridized carbons (Fsp3) is 0.167. The van der Waals surface area contributed by atoms with E-state index in [-0.39, 0.29) is 23.3 Å². The molecule has 6 rings (SSSR count). The number of carbonyl (C=O) groups excluding carboxylic acids is 2. The molecule has 5 aromatic rings. The number of benzene rings is 2. The molecular formula is C30H26N6O3. The zero-order valence-corrected chi connectivity index (χ0v) is 21.3. The number of hydrogen-bond donors (Lipinski definition) is 3. The number of carbonyl (C=O) groups is 2. The van der Waals surface area contributed by atoms with Crippen LogP contribution in [0.15, 0.2) is 66.9 Å². The maximum atomic E-state index is 12.9. The van der Waals surface area contributed by atoms with Crippen molar-refractivity contribution in [1.29, 1.82) is 0 Å². The molecule has 1 aliphatic carbocycles. The molecule has 0 bridgehead atoms. The van der Waals surface area contributed by atoms with Crippen LogP contribution in [0.3, 0.4) is 0 Å². The van der Waals surface area contributed by atoms with Gasteiger partial charge in [-0.15, -0.1) is 0 Å². The highest BCUT2D eigenvalue weighted by Gasteiger charge is 2.26. The lowest BCUT2D eigenvalue weighted by molar-refractivity contribution is 0.0936. The molecule has 1 aliphatic rings. The highest BCUT2D eigenvalue weighted by Crippen LogP contribution is 2.36. The van der Waals surface area contributed by atoms with Gasteiger partial charge in [0.05, 0.1) is 17.2 Å². The molecule has 0 unspecified atom stereocenters. The average molecular weight is 519 g/mol. The van der Waals surface area contributed by atoms with E-state index >= 15 is 0 Å². The summed E-state index contributed by atoms with van der Waals surface area (Å²) in [5, 5.41) is 12.8. The molecule has 0 fully saturated rings. The molecule has 9 heteroatoms. The molecule has 0 saturated heterocycles. The van der Waals surface area contributed by atoms with Crippen molar-refractivity contribution in [3.63, 3.8) is 0 Å². The topological polar surface area (TPSA) is 136 Å². The quantitative estimate of drug-likeness (QED) is 0.280. The van der Waals surface area contributed by atoms with Gasteiger partial charge in [0.2, 0.25) is 0 Å². The third kappa shape index (κ3) is 4.27. The number of nitrogen functional groups attached to an aromatic ring is 1. The van der Waals surface area contributed by atoms with E-state index in [0.29, 0.717) is 23.5 Å². The summed E-state index contributed by atoms with van der Waals surface area (Å²) in [7, 11) is 0. The number of hydrogen-bond acceptors (Lipinski definition) is 7. The van der Waals surface area contributed by atoms with Crippen LogP contribution < -0.4 is 11.1 Å². The summed E-state index contributed by atoms with van der Waals surface area (Å²) in [6.07, 6.45) is 4.51. The van der Waals surface area contributed by atoms with Crippen LogP contribution in [-0.2, 0) is 12.8 Å². The minimum Gasteiger partial charge on any atom is -0.507 e. The standard InChI is InChI=1S/C30H26N6O3/c1-2-20-7-11-25-29(33-20)36(28(34-25)23-4-3-13-32-27(23)31)21-8-9-22-17(15-21)5-10-24(22)35-30(39)18-6-12-26(38)19(14-18)16-37/h3-4,6-9,11-16,24,38H,2,5,10H2,1H3,(H2,31,32)(H,35,39)/t24-/m0/s1. The predicted molar refractivity (Wildman–Crippen MR) is 148 cm³/mol. The summed E-state index contributed by atoms with van der Waals surface area (Å²) >= 11 is 0. The number of amides is 1. The van der Waals surface area contributed by atoms with Gasteiger partial charge in [-0.05, 0) is 85.0 Å². The van der Waals surface area contributed by atoms with E-state index in [1.807, 2.05) is 41.0 Å². The maximum absolute atomic E-state index is 12.9. The summed E-state index contributed by atoms with van der Waals surface area (Å²) in [4.78, 5) is 38.1. The Labute approximate surface area is 224 Å². The Balaban J connectivity index is 1.38. The van der Waals surface area contributed by atoms with Crippen molar-refractivity contribution >= 4 is 29.2 Å². The number of anilines is 1. The number of nitrogens with zero attached hydrogens (tertiary/aromatic N) is 4. The third-order valence-electron chi connectivity index (χ3n) is 7.19. The van der Waals surface area contributed by atoms with Gasteiger partial charge >= 0.3 is 0 Å². The predicted octanol–water partition coefficient (Wildman–Crippen LogP) is 4.56. The molecule has 3 aromatic heterocycles. The molecule has 194 valence electrons. The first-order valence-electron chi connectivity index (χ1n) is 12.8. The summed E-state index contributed by atoms with van der Waals surface area (Å²) < 4.78 is 2.02. The monoisotopic (exact) mass is 518 g/mol. The lowest BCUT2D eigenvalue weighted by Crippen LogP contribution is -2.27.